The second-order valence-electron chi connectivity index (χ2n) is 7.69. The van der Waals surface area contributed by atoms with E-state index in [1.54, 1.807) is 18.2 Å². The summed E-state index contributed by atoms with van der Waals surface area (Å²) in [6, 6.07) is 5.16. The number of ether oxygens (including phenoxy) is 3. The highest BCUT2D eigenvalue weighted by Crippen LogP contribution is 2.39. The van der Waals surface area contributed by atoms with Crippen molar-refractivity contribution in [3.63, 3.8) is 0 Å². The van der Waals surface area contributed by atoms with Crippen LogP contribution in [-0.4, -0.2) is 52.2 Å². The standard InChI is InChI=1S/C22H25N5O7/c1-23-22(30)33-11-16-25-26-20(34-16)17-19(28)24-15(10-9-12-7-8-12)27(21(17)29)18-13(31-2)5-4-6-14(18)32-3/h4-6,12,29H,7-11H2,1-3H3,(H,23,30). The molecule has 1 amide bonds. The number of aromatic nitrogens is 4. The number of carbonyl (C=O) groups excluding carboxylic acids is 1. The molecule has 4 rings (SSSR count). The molecule has 0 saturated heterocycles. The van der Waals surface area contributed by atoms with Crippen molar-refractivity contribution in [2.45, 2.75) is 32.3 Å². The summed E-state index contributed by atoms with van der Waals surface area (Å²) in [5, 5.41) is 21.2. The van der Waals surface area contributed by atoms with Crippen LogP contribution in [0.4, 0.5) is 4.79 Å². The van der Waals surface area contributed by atoms with Crippen LogP contribution in [0.15, 0.2) is 27.4 Å². The largest absolute Gasteiger partial charge is 0.494 e. The van der Waals surface area contributed by atoms with Crippen molar-refractivity contribution < 1.29 is 28.5 Å². The van der Waals surface area contributed by atoms with E-state index in [0.29, 0.717) is 35.3 Å². The van der Waals surface area contributed by atoms with Gasteiger partial charge < -0.3 is 29.1 Å². The number of hydrogen-bond acceptors (Lipinski definition) is 10. The summed E-state index contributed by atoms with van der Waals surface area (Å²) in [5.41, 5.74) is -0.634. The smallest absolute Gasteiger partial charge is 0.407 e. The lowest BCUT2D eigenvalue weighted by molar-refractivity contribution is 0.131. The van der Waals surface area contributed by atoms with E-state index in [1.165, 1.54) is 25.8 Å². The van der Waals surface area contributed by atoms with Crippen LogP contribution in [0.25, 0.3) is 17.1 Å². The Balaban J connectivity index is 1.84. The Morgan fingerprint density at radius 3 is 2.56 bits per heavy atom. The third-order valence-corrected chi connectivity index (χ3v) is 5.45. The van der Waals surface area contributed by atoms with E-state index in [1.807, 2.05) is 0 Å². The summed E-state index contributed by atoms with van der Waals surface area (Å²) in [6.07, 6.45) is 2.87. The van der Waals surface area contributed by atoms with Crippen LogP contribution in [0.5, 0.6) is 17.4 Å². The summed E-state index contributed by atoms with van der Waals surface area (Å²) in [7, 11) is 4.39. The Hall–Kier alpha value is -4.09. The van der Waals surface area contributed by atoms with Gasteiger partial charge in [0.2, 0.25) is 5.88 Å². The fourth-order valence-electron chi connectivity index (χ4n) is 3.55. The predicted molar refractivity (Wildman–Crippen MR) is 118 cm³/mol. The molecular weight excluding hydrogens is 446 g/mol. The average Bonchev–Trinajstić information content (AvgIpc) is 3.57. The molecule has 2 N–H and O–H groups in total. The Morgan fingerprint density at radius 2 is 1.94 bits per heavy atom. The van der Waals surface area contributed by atoms with E-state index in [9.17, 15) is 14.7 Å². The van der Waals surface area contributed by atoms with Crippen LogP contribution in [-0.2, 0) is 17.8 Å². The quantitative estimate of drug-likeness (QED) is 0.475. The highest BCUT2D eigenvalue weighted by atomic mass is 16.6. The van der Waals surface area contributed by atoms with E-state index >= 15 is 0 Å². The number of para-hydroxylation sites is 1. The first-order valence-corrected chi connectivity index (χ1v) is 10.7. The third-order valence-electron chi connectivity index (χ3n) is 5.45. The van der Waals surface area contributed by atoms with Gasteiger partial charge >= 0.3 is 6.09 Å². The number of hydrogen-bond donors (Lipinski definition) is 2. The first-order valence-electron chi connectivity index (χ1n) is 10.7. The number of benzene rings is 1. The van der Waals surface area contributed by atoms with Crippen molar-refractivity contribution in [3.8, 4) is 34.5 Å². The van der Waals surface area contributed by atoms with Crippen LogP contribution in [0.2, 0.25) is 0 Å². The zero-order chi connectivity index (χ0) is 24.2. The summed E-state index contributed by atoms with van der Waals surface area (Å²) >= 11 is 0. The number of alkyl carbamates (subject to hydrolysis) is 1. The molecule has 0 unspecified atom stereocenters. The molecule has 0 bridgehead atoms. The molecule has 1 aromatic carbocycles. The summed E-state index contributed by atoms with van der Waals surface area (Å²) in [5.74, 6) is 0.969. The van der Waals surface area contributed by atoms with Gasteiger partial charge in [-0.15, -0.1) is 10.2 Å². The van der Waals surface area contributed by atoms with Gasteiger partial charge in [0.25, 0.3) is 17.3 Å². The number of aromatic hydroxyl groups is 1. The summed E-state index contributed by atoms with van der Waals surface area (Å²) in [6.45, 7) is -0.311. The number of amides is 1. The van der Waals surface area contributed by atoms with E-state index in [2.05, 4.69) is 20.5 Å². The minimum Gasteiger partial charge on any atom is -0.494 e. The van der Waals surface area contributed by atoms with E-state index in [0.717, 1.165) is 19.3 Å². The molecule has 0 atom stereocenters. The van der Waals surface area contributed by atoms with Crippen molar-refractivity contribution in [3.05, 3.63) is 40.3 Å². The van der Waals surface area contributed by atoms with Crippen molar-refractivity contribution in [1.29, 1.82) is 0 Å². The Morgan fingerprint density at radius 1 is 1.24 bits per heavy atom. The topological polar surface area (TPSA) is 151 Å². The molecule has 1 fully saturated rings. The molecule has 180 valence electrons. The molecule has 0 radical (unpaired) electrons. The molecule has 34 heavy (non-hydrogen) atoms. The minimum atomic E-state index is -0.726. The maximum atomic E-state index is 13.0. The second-order valence-corrected chi connectivity index (χ2v) is 7.69. The summed E-state index contributed by atoms with van der Waals surface area (Å²) in [4.78, 5) is 28.5. The molecule has 1 saturated carbocycles. The lowest BCUT2D eigenvalue weighted by Crippen LogP contribution is -2.20. The van der Waals surface area contributed by atoms with Gasteiger partial charge in [0, 0.05) is 13.5 Å². The van der Waals surface area contributed by atoms with E-state index in [4.69, 9.17) is 18.6 Å². The number of methoxy groups -OCH3 is 2. The molecule has 0 spiro atoms. The number of nitrogens with zero attached hydrogens (tertiary/aromatic N) is 4. The van der Waals surface area contributed by atoms with E-state index < -0.39 is 17.5 Å². The maximum Gasteiger partial charge on any atom is 0.407 e. The van der Waals surface area contributed by atoms with Crippen LogP contribution in [0, 0.1) is 5.92 Å². The van der Waals surface area contributed by atoms with Gasteiger partial charge in [0.05, 0.1) is 14.2 Å². The highest BCUT2D eigenvalue weighted by Gasteiger charge is 2.28. The number of carbonyl (C=O) groups is 1. The van der Waals surface area contributed by atoms with Crippen molar-refractivity contribution >= 4 is 6.09 Å². The normalized spacial score (nSPS) is 12.9. The summed E-state index contributed by atoms with van der Waals surface area (Å²) < 4.78 is 22.8. The molecule has 1 aliphatic rings. The van der Waals surface area contributed by atoms with Crippen molar-refractivity contribution in [2.24, 2.45) is 5.92 Å². The van der Waals surface area contributed by atoms with Crippen molar-refractivity contribution in [2.75, 3.05) is 21.3 Å². The minimum absolute atomic E-state index is 0.0587. The number of nitrogens with one attached hydrogen (secondary N) is 1. The molecule has 0 aliphatic heterocycles. The average molecular weight is 471 g/mol. The van der Waals surface area contributed by atoms with Gasteiger partial charge in [0.15, 0.2) is 12.2 Å². The number of aryl methyl sites for hydroxylation is 1. The Kier molecular flexibility index (Phi) is 6.66. The van der Waals surface area contributed by atoms with Crippen LogP contribution in [0.1, 0.15) is 31.0 Å². The van der Waals surface area contributed by atoms with Crippen molar-refractivity contribution in [1.82, 2.24) is 25.1 Å². The molecule has 2 heterocycles. The molecule has 12 heteroatoms. The van der Waals surface area contributed by atoms with Gasteiger partial charge in [-0.25, -0.2) is 4.79 Å². The first kappa shape index (κ1) is 23.1. The Labute approximate surface area is 194 Å². The third kappa shape index (κ3) is 4.65. The van der Waals surface area contributed by atoms with Gasteiger partial charge in [0.1, 0.15) is 23.0 Å². The zero-order valence-corrected chi connectivity index (χ0v) is 19.0. The van der Waals surface area contributed by atoms with Gasteiger partial charge in [-0.1, -0.05) is 18.9 Å². The molecule has 1 aliphatic carbocycles. The lowest BCUT2D eigenvalue weighted by atomic mass is 10.1. The fourth-order valence-corrected chi connectivity index (χ4v) is 3.55. The second kappa shape index (κ2) is 9.81. The molecular formula is C22H25N5O7. The predicted octanol–water partition coefficient (Wildman–Crippen LogP) is 2.20. The van der Waals surface area contributed by atoms with E-state index in [-0.39, 0.29) is 24.0 Å². The number of rotatable bonds is 9. The fraction of sp³-hybridized carbons (Fsp3) is 0.409. The van der Waals surface area contributed by atoms with Gasteiger partial charge in [-0.05, 0) is 24.5 Å². The molecule has 3 aromatic rings. The van der Waals surface area contributed by atoms with Crippen LogP contribution in [0.3, 0.4) is 0 Å². The lowest BCUT2D eigenvalue weighted by Gasteiger charge is -2.20. The van der Waals surface area contributed by atoms with Crippen LogP contribution < -0.4 is 20.3 Å². The Bertz CT molecular complexity index is 1230. The first-order chi connectivity index (χ1) is 16.5. The SMILES string of the molecule is CNC(=O)OCc1nnc(-c2c(O)n(-c3c(OC)cccc3OC)c(CCC3CC3)nc2=O)o1. The molecule has 2 aromatic heterocycles. The molecule has 12 nitrogen and oxygen atoms in total. The zero-order valence-electron chi connectivity index (χ0n) is 19.0. The maximum absolute atomic E-state index is 13.0. The monoisotopic (exact) mass is 471 g/mol. The van der Waals surface area contributed by atoms with Gasteiger partial charge in [-0.3, -0.25) is 9.36 Å². The highest BCUT2D eigenvalue weighted by molar-refractivity contribution is 5.67. The van der Waals surface area contributed by atoms with Crippen LogP contribution >= 0.6 is 0 Å². The van der Waals surface area contributed by atoms with Gasteiger partial charge in [-0.2, -0.15) is 4.98 Å².